The summed E-state index contributed by atoms with van der Waals surface area (Å²) in [5.41, 5.74) is 0.00574. The number of benzene rings is 1. The van der Waals surface area contributed by atoms with Crippen LogP contribution in [0.1, 0.15) is 10.4 Å². The Hall–Kier alpha value is -1.33. The summed E-state index contributed by atoms with van der Waals surface area (Å²) in [7, 11) is 0. The smallest absolute Gasteiger partial charge is 0.193 e. The van der Waals surface area contributed by atoms with Gasteiger partial charge in [-0.2, -0.15) is 0 Å². The van der Waals surface area contributed by atoms with E-state index < -0.39 is 23.5 Å². The van der Waals surface area contributed by atoms with Crippen molar-refractivity contribution in [3.05, 3.63) is 35.4 Å². The van der Waals surface area contributed by atoms with E-state index in [4.69, 9.17) is 4.74 Å². The largest absolute Gasteiger partial charge is 0.367 e. The minimum atomic E-state index is -0.757. The van der Waals surface area contributed by atoms with Gasteiger partial charge in [-0.15, -0.1) is 0 Å². The van der Waals surface area contributed by atoms with E-state index in [1.807, 2.05) is 0 Å². The van der Waals surface area contributed by atoms with Crippen molar-refractivity contribution in [3.63, 3.8) is 0 Å². The third kappa shape index (κ3) is 2.43. The van der Waals surface area contributed by atoms with Gasteiger partial charge >= 0.3 is 0 Å². The molecule has 0 saturated carbocycles. The fourth-order valence-electron chi connectivity index (χ4n) is 1.62. The van der Waals surface area contributed by atoms with Crippen molar-refractivity contribution in [2.45, 2.75) is 6.10 Å². The third-order valence-electron chi connectivity index (χ3n) is 2.37. The number of ether oxygens (including phenoxy) is 1. The predicted molar refractivity (Wildman–Crippen MR) is 53.3 cm³/mol. The van der Waals surface area contributed by atoms with Crippen LogP contribution in [0.3, 0.4) is 0 Å². The molecule has 1 heterocycles. The van der Waals surface area contributed by atoms with Crippen molar-refractivity contribution < 1.29 is 18.3 Å². The number of ketones is 1. The Morgan fingerprint density at radius 1 is 1.31 bits per heavy atom. The molecule has 0 aliphatic carbocycles. The third-order valence-corrected chi connectivity index (χ3v) is 2.37. The maximum absolute atomic E-state index is 12.9. The summed E-state index contributed by atoms with van der Waals surface area (Å²) in [4.78, 5) is 11.8. The van der Waals surface area contributed by atoms with Crippen molar-refractivity contribution in [1.29, 1.82) is 0 Å². The van der Waals surface area contributed by atoms with Gasteiger partial charge in [0.15, 0.2) is 5.78 Å². The molecular weight excluding hydrogens is 216 g/mol. The number of carbonyl (C=O) groups excluding carboxylic acids is 1. The summed E-state index contributed by atoms with van der Waals surface area (Å²) in [5.74, 6) is -1.91. The first-order valence-corrected chi connectivity index (χ1v) is 4.99. The van der Waals surface area contributed by atoms with Gasteiger partial charge in [0.2, 0.25) is 0 Å². The zero-order valence-corrected chi connectivity index (χ0v) is 8.50. The van der Waals surface area contributed by atoms with Crippen molar-refractivity contribution in [1.82, 2.24) is 5.32 Å². The maximum Gasteiger partial charge on any atom is 0.193 e. The van der Waals surface area contributed by atoms with Crippen LogP contribution in [0.5, 0.6) is 0 Å². The summed E-state index contributed by atoms with van der Waals surface area (Å²) in [5, 5.41) is 2.98. The number of halogens is 2. The number of rotatable bonds is 2. The quantitative estimate of drug-likeness (QED) is 0.770. The Kier molecular flexibility index (Phi) is 3.26. The molecule has 86 valence electrons. The molecule has 1 aliphatic rings. The van der Waals surface area contributed by atoms with E-state index in [9.17, 15) is 13.6 Å². The monoisotopic (exact) mass is 227 g/mol. The average molecular weight is 227 g/mol. The molecule has 0 bridgehead atoms. The fraction of sp³-hybridized carbons (Fsp3) is 0.364. The number of carbonyl (C=O) groups is 1. The molecule has 1 unspecified atom stereocenters. The molecule has 0 radical (unpaired) electrons. The minimum absolute atomic E-state index is 0.00574. The molecular formula is C11H11F2NO2. The number of nitrogens with one attached hydrogen (secondary N) is 1. The van der Waals surface area contributed by atoms with Crippen LogP contribution in [0, 0.1) is 11.6 Å². The zero-order chi connectivity index (χ0) is 11.5. The number of hydrogen-bond donors (Lipinski definition) is 1. The predicted octanol–water partition coefficient (Wildman–Crippen LogP) is 1.14. The second-order valence-corrected chi connectivity index (χ2v) is 3.59. The maximum atomic E-state index is 12.9. The van der Waals surface area contributed by atoms with Crippen LogP contribution in [0.15, 0.2) is 18.2 Å². The average Bonchev–Trinajstić information content (AvgIpc) is 2.28. The molecule has 1 N–H and O–H groups in total. The lowest BCUT2D eigenvalue weighted by molar-refractivity contribution is 0.0269. The fourth-order valence-corrected chi connectivity index (χ4v) is 1.62. The van der Waals surface area contributed by atoms with Gasteiger partial charge in [-0.05, 0) is 12.1 Å². The summed E-state index contributed by atoms with van der Waals surface area (Å²) in [6, 6.07) is 2.77. The highest BCUT2D eigenvalue weighted by molar-refractivity contribution is 5.99. The van der Waals surface area contributed by atoms with Gasteiger partial charge < -0.3 is 10.1 Å². The summed E-state index contributed by atoms with van der Waals surface area (Å²) < 4.78 is 31.0. The molecule has 2 rings (SSSR count). The van der Waals surface area contributed by atoms with E-state index in [0.29, 0.717) is 19.7 Å². The summed E-state index contributed by atoms with van der Waals surface area (Å²) in [6.45, 7) is 1.48. The number of morpholine rings is 1. The summed E-state index contributed by atoms with van der Waals surface area (Å²) >= 11 is 0. The molecule has 0 aromatic heterocycles. The van der Waals surface area contributed by atoms with Crippen LogP contribution in [-0.2, 0) is 4.74 Å². The van der Waals surface area contributed by atoms with E-state index >= 15 is 0 Å². The van der Waals surface area contributed by atoms with Crippen molar-refractivity contribution in [2.75, 3.05) is 19.7 Å². The van der Waals surface area contributed by atoms with E-state index in [1.54, 1.807) is 0 Å². The number of Topliss-reactive ketones (excluding diaryl/α,β-unsaturated/α-hetero) is 1. The molecule has 5 heteroatoms. The number of hydrogen-bond acceptors (Lipinski definition) is 3. The highest BCUT2D eigenvalue weighted by Crippen LogP contribution is 2.12. The highest BCUT2D eigenvalue weighted by Gasteiger charge is 2.23. The van der Waals surface area contributed by atoms with Crippen molar-refractivity contribution in [2.24, 2.45) is 0 Å². The van der Waals surface area contributed by atoms with Crippen molar-refractivity contribution in [3.8, 4) is 0 Å². The first kappa shape index (κ1) is 11.2. The molecule has 1 saturated heterocycles. The van der Waals surface area contributed by atoms with Gasteiger partial charge in [-0.1, -0.05) is 0 Å². The highest BCUT2D eigenvalue weighted by atomic mass is 19.1. The Morgan fingerprint density at radius 3 is 2.56 bits per heavy atom. The van der Waals surface area contributed by atoms with Gasteiger partial charge in [0.25, 0.3) is 0 Å². The Morgan fingerprint density at radius 2 is 2.00 bits per heavy atom. The van der Waals surface area contributed by atoms with Crippen LogP contribution >= 0.6 is 0 Å². The topological polar surface area (TPSA) is 38.3 Å². The Bertz CT molecular complexity index is 383. The molecule has 1 aliphatic heterocycles. The molecule has 0 amide bonds. The van der Waals surface area contributed by atoms with Crippen molar-refractivity contribution >= 4 is 5.78 Å². The first-order valence-electron chi connectivity index (χ1n) is 4.99. The van der Waals surface area contributed by atoms with Gasteiger partial charge in [0.05, 0.1) is 6.61 Å². The molecule has 0 spiro atoms. The lowest BCUT2D eigenvalue weighted by Gasteiger charge is -2.22. The van der Waals surface area contributed by atoms with Gasteiger partial charge in [0.1, 0.15) is 17.7 Å². The lowest BCUT2D eigenvalue weighted by atomic mass is 10.1. The molecule has 1 fully saturated rings. The van der Waals surface area contributed by atoms with Gasteiger partial charge in [-0.3, -0.25) is 4.79 Å². The van der Waals surface area contributed by atoms with Gasteiger partial charge in [-0.25, -0.2) is 8.78 Å². The zero-order valence-electron chi connectivity index (χ0n) is 8.50. The van der Waals surface area contributed by atoms with Crippen LogP contribution < -0.4 is 5.32 Å². The molecule has 1 aromatic rings. The molecule has 1 atom stereocenters. The van der Waals surface area contributed by atoms with Crippen LogP contribution in [0.25, 0.3) is 0 Å². The standard InChI is InChI=1S/C11H11F2NO2/c12-8-3-7(4-9(13)5-8)11(15)10-6-14-1-2-16-10/h3-5,10,14H,1-2,6H2. The lowest BCUT2D eigenvalue weighted by Crippen LogP contribution is -2.43. The van der Waals surface area contributed by atoms with E-state index in [-0.39, 0.29) is 5.56 Å². The van der Waals surface area contributed by atoms with E-state index in [0.717, 1.165) is 18.2 Å². The Balaban J connectivity index is 2.19. The summed E-state index contributed by atoms with van der Waals surface area (Å²) in [6.07, 6.45) is -0.657. The molecule has 16 heavy (non-hydrogen) atoms. The normalized spacial score (nSPS) is 20.8. The molecule has 1 aromatic carbocycles. The van der Waals surface area contributed by atoms with Crippen LogP contribution in [0.2, 0.25) is 0 Å². The Labute approximate surface area is 91.4 Å². The van der Waals surface area contributed by atoms with E-state index in [1.165, 1.54) is 0 Å². The SMILES string of the molecule is O=C(c1cc(F)cc(F)c1)C1CNCCO1. The first-order chi connectivity index (χ1) is 7.66. The molecule has 3 nitrogen and oxygen atoms in total. The van der Waals surface area contributed by atoms with Crippen LogP contribution in [0.4, 0.5) is 8.78 Å². The minimum Gasteiger partial charge on any atom is -0.367 e. The second-order valence-electron chi connectivity index (χ2n) is 3.59. The van der Waals surface area contributed by atoms with E-state index in [2.05, 4.69) is 5.32 Å². The second kappa shape index (κ2) is 4.67. The van der Waals surface area contributed by atoms with Crippen LogP contribution in [-0.4, -0.2) is 31.6 Å². The van der Waals surface area contributed by atoms with Gasteiger partial charge in [0, 0.05) is 24.7 Å².